The number of carbonyl (C=O) groups excluding carboxylic acids is 1. The maximum absolute atomic E-state index is 12.5. The second-order valence-corrected chi connectivity index (χ2v) is 8.42. The van der Waals surface area contributed by atoms with Gasteiger partial charge in [0, 0.05) is 32.1 Å². The number of rotatable bonds is 5. The Balaban J connectivity index is 1.47. The van der Waals surface area contributed by atoms with Crippen LogP contribution in [0.1, 0.15) is 32.1 Å². The lowest BCUT2D eigenvalue weighted by Gasteiger charge is -2.39. The molecule has 2 heterocycles. The summed E-state index contributed by atoms with van der Waals surface area (Å²) in [4.78, 5) is 21.7. The van der Waals surface area contributed by atoms with Gasteiger partial charge in [-0.1, -0.05) is 17.8 Å². The lowest BCUT2D eigenvalue weighted by atomic mass is 9.84. The fourth-order valence-corrected chi connectivity index (χ4v) is 5.10. The van der Waals surface area contributed by atoms with Crippen molar-refractivity contribution in [1.82, 2.24) is 9.88 Å². The molecule has 0 bridgehead atoms. The molecule has 2 fully saturated rings. The van der Waals surface area contributed by atoms with E-state index in [1.807, 2.05) is 24.1 Å². The average Bonchev–Trinajstić information content (AvgIpc) is 3.10. The van der Waals surface area contributed by atoms with E-state index in [9.17, 15) is 4.79 Å². The summed E-state index contributed by atoms with van der Waals surface area (Å²) in [5.74, 6) is 2.22. The molecule has 1 saturated heterocycles. The molecule has 0 unspecified atom stereocenters. The van der Waals surface area contributed by atoms with Gasteiger partial charge in [0.2, 0.25) is 5.91 Å². The van der Waals surface area contributed by atoms with Gasteiger partial charge in [-0.05, 0) is 37.8 Å². The summed E-state index contributed by atoms with van der Waals surface area (Å²) in [5, 5.41) is 0.999. The number of piperidine rings is 1. The molecule has 1 aromatic heterocycles. The number of nitrogens with zero attached hydrogens (tertiary/aromatic N) is 3. The molecule has 6 nitrogen and oxygen atoms in total. The van der Waals surface area contributed by atoms with Crippen LogP contribution < -0.4 is 14.4 Å². The minimum absolute atomic E-state index is 0.275. The summed E-state index contributed by atoms with van der Waals surface area (Å²) in [6.45, 7) is 1.83. The van der Waals surface area contributed by atoms with Crippen molar-refractivity contribution in [2.24, 2.45) is 5.92 Å². The van der Waals surface area contributed by atoms with E-state index in [4.69, 9.17) is 14.5 Å². The molecule has 1 amide bonds. The van der Waals surface area contributed by atoms with E-state index in [0.717, 1.165) is 65.6 Å². The second kappa shape index (κ2) is 7.54. The Morgan fingerprint density at radius 2 is 1.81 bits per heavy atom. The summed E-state index contributed by atoms with van der Waals surface area (Å²) in [5.41, 5.74) is 0.858. The predicted molar refractivity (Wildman–Crippen MR) is 108 cm³/mol. The van der Waals surface area contributed by atoms with E-state index in [2.05, 4.69) is 4.90 Å². The first-order valence-electron chi connectivity index (χ1n) is 9.65. The van der Waals surface area contributed by atoms with Crippen LogP contribution in [0.3, 0.4) is 0 Å². The third-order valence-corrected chi connectivity index (χ3v) is 7.11. The first-order chi connectivity index (χ1) is 13.1. The smallest absolute Gasteiger partial charge is 0.225 e. The van der Waals surface area contributed by atoms with Crippen LogP contribution in [0.15, 0.2) is 12.1 Å². The molecular formula is C20H27N3O3S. The Morgan fingerprint density at radius 3 is 2.41 bits per heavy atom. The van der Waals surface area contributed by atoms with Gasteiger partial charge in [-0.3, -0.25) is 4.79 Å². The highest BCUT2D eigenvalue weighted by atomic mass is 32.1. The van der Waals surface area contributed by atoms with Crippen LogP contribution in [0.4, 0.5) is 5.13 Å². The molecule has 1 aromatic carbocycles. The van der Waals surface area contributed by atoms with E-state index in [-0.39, 0.29) is 5.92 Å². The molecule has 7 heteroatoms. The summed E-state index contributed by atoms with van der Waals surface area (Å²) in [6.07, 6.45) is 5.31. The predicted octanol–water partition coefficient (Wildman–Crippen LogP) is 3.54. The van der Waals surface area contributed by atoms with Crippen molar-refractivity contribution in [3.05, 3.63) is 12.1 Å². The number of thiazole rings is 1. The molecule has 0 radical (unpaired) electrons. The van der Waals surface area contributed by atoms with E-state index in [1.165, 1.54) is 6.42 Å². The molecule has 0 atom stereocenters. The minimum Gasteiger partial charge on any atom is -0.495 e. The fourth-order valence-electron chi connectivity index (χ4n) is 3.98. The fraction of sp³-hybridized carbons (Fsp3) is 0.600. The van der Waals surface area contributed by atoms with E-state index >= 15 is 0 Å². The molecule has 2 aromatic rings. The molecule has 146 valence electrons. The minimum atomic E-state index is 0.275. The largest absolute Gasteiger partial charge is 0.495 e. The summed E-state index contributed by atoms with van der Waals surface area (Å²) in [7, 11) is 5.33. The van der Waals surface area contributed by atoms with Crippen molar-refractivity contribution in [3.63, 3.8) is 0 Å². The van der Waals surface area contributed by atoms with Crippen molar-refractivity contribution in [2.75, 3.05) is 39.3 Å². The summed E-state index contributed by atoms with van der Waals surface area (Å²) < 4.78 is 12.0. The van der Waals surface area contributed by atoms with Gasteiger partial charge in [0.05, 0.1) is 14.2 Å². The van der Waals surface area contributed by atoms with Crippen LogP contribution in [0, 0.1) is 5.92 Å². The highest BCUT2D eigenvalue weighted by Crippen LogP contribution is 2.40. The van der Waals surface area contributed by atoms with Gasteiger partial charge in [0.15, 0.2) is 5.13 Å². The van der Waals surface area contributed by atoms with E-state index < -0.39 is 0 Å². The molecule has 27 heavy (non-hydrogen) atoms. The monoisotopic (exact) mass is 389 g/mol. The zero-order valence-corrected chi connectivity index (χ0v) is 17.1. The molecule has 0 N–H and O–H groups in total. The van der Waals surface area contributed by atoms with Crippen LogP contribution in [-0.2, 0) is 4.79 Å². The molecule has 0 spiro atoms. The first kappa shape index (κ1) is 18.3. The number of aromatic nitrogens is 1. The summed E-state index contributed by atoms with van der Waals surface area (Å²) >= 11 is 1.65. The van der Waals surface area contributed by atoms with Gasteiger partial charge >= 0.3 is 0 Å². The Hall–Kier alpha value is -2.02. The maximum Gasteiger partial charge on any atom is 0.225 e. The van der Waals surface area contributed by atoms with Crippen molar-refractivity contribution in [2.45, 2.75) is 38.1 Å². The van der Waals surface area contributed by atoms with Gasteiger partial charge in [0.1, 0.15) is 21.7 Å². The zero-order valence-electron chi connectivity index (χ0n) is 16.2. The molecule has 4 rings (SSSR count). The number of anilines is 1. The number of carbonyl (C=O) groups is 1. The van der Waals surface area contributed by atoms with Gasteiger partial charge < -0.3 is 19.3 Å². The summed E-state index contributed by atoms with van der Waals surface area (Å²) in [6, 6.07) is 4.17. The third-order valence-electron chi connectivity index (χ3n) is 5.98. The van der Waals surface area contributed by atoms with Crippen LogP contribution in [0.25, 0.3) is 10.2 Å². The number of amides is 1. The molecule has 2 aliphatic rings. The zero-order chi connectivity index (χ0) is 19.0. The van der Waals surface area contributed by atoms with Crippen molar-refractivity contribution in [1.29, 1.82) is 0 Å². The van der Waals surface area contributed by atoms with Crippen LogP contribution >= 0.6 is 11.3 Å². The number of benzene rings is 1. The van der Waals surface area contributed by atoms with E-state index in [0.29, 0.717) is 11.9 Å². The SMILES string of the molecule is COc1ccc(OC)c2sc(N3CCC(N(C)C(=O)C4CCC4)CC3)nc12. The second-order valence-electron chi connectivity index (χ2n) is 7.44. The standard InChI is InChI=1S/C20H27N3O3S/c1-22(19(24)13-5-4-6-13)14-9-11-23(12-10-14)20-21-17-15(25-2)7-8-16(26-3)18(17)27-20/h7-8,13-14H,4-6,9-12H2,1-3H3. The molecule has 1 saturated carbocycles. The number of hydrogen-bond acceptors (Lipinski definition) is 6. The molecular weight excluding hydrogens is 362 g/mol. The molecule has 1 aliphatic carbocycles. The number of methoxy groups -OCH3 is 2. The van der Waals surface area contributed by atoms with Gasteiger partial charge in [-0.25, -0.2) is 4.98 Å². The van der Waals surface area contributed by atoms with Gasteiger partial charge in [0.25, 0.3) is 0 Å². The van der Waals surface area contributed by atoms with Crippen molar-refractivity contribution >= 4 is 32.6 Å². The van der Waals surface area contributed by atoms with Gasteiger partial charge in [-0.2, -0.15) is 0 Å². The lowest BCUT2D eigenvalue weighted by Crippen LogP contribution is -2.48. The van der Waals surface area contributed by atoms with Crippen LogP contribution in [-0.4, -0.2) is 56.2 Å². The average molecular weight is 390 g/mol. The Labute approximate surface area is 164 Å². The Kier molecular flexibility index (Phi) is 5.12. The number of fused-ring (bicyclic) bond motifs is 1. The van der Waals surface area contributed by atoms with E-state index in [1.54, 1.807) is 25.6 Å². The number of hydrogen-bond donors (Lipinski definition) is 0. The third kappa shape index (κ3) is 3.33. The van der Waals surface area contributed by atoms with Crippen molar-refractivity contribution < 1.29 is 14.3 Å². The van der Waals surface area contributed by atoms with Crippen LogP contribution in [0.2, 0.25) is 0 Å². The highest BCUT2D eigenvalue weighted by Gasteiger charge is 2.33. The number of ether oxygens (including phenoxy) is 2. The topological polar surface area (TPSA) is 54.9 Å². The Bertz CT molecular complexity index is 784. The van der Waals surface area contributed by atoms with Gasteiger partial charge in [-0.15, -0.1) is 0 Å². The highest BCUT2D eigenvalue weighted by molar-refractivity contribution is 7.22. The normalized spacial score (nSPS) is 18.4. The van der Waals surface area contributed by atoms with Crippen LogP contribution in [0.5, 0.6) is 11.5 Å². The quantitative estimate of drug-likeness (QED) is 0.783. The lowest BCUT2D eigenvalue weighted by molar-refractivity contribution is -0.139. The first-order valence-corrected chi connectivity index (χ1v) is 10.5. The van der Waals surface area contributed by atoms with Crippen molar-refractivity contribution in [3.8, 4) is 11.5 Å². The maximum atomic E-state index is 12.5. The Morgan fingerprint density at radius 1 is 1.15 bits per heavy atom. The molecule has 1 aliphatic heterocycles.